The first kappa shape index (κ1) is 15.6. The van der Waals surface area contributed by atoms with Gasteiger partial charge in [-0.2, -0.15) is 0 Å². The lowest BCUT2D eigenvalue weighted by molar-refractivity contribution is 0.0776. The van der Waals surface area contributed by atoms with Crippen LogP contribution in [-0.2, 0) is 6.54 Å². The van der Waals surface area contributed by atoms with Crippen LogP contribution in [0.25, 0.3) is 0 Å². The molecule has 2 heterocycles. The van der Waals surface area contributed by atoms with Crippen molar-refractivity contribution in [3.63, 3.8) is 0 Å². The molecule has 6 heteroatoms. The zero-order valence-corrected chi connectivity index (χ0v) is 13.1. The van der Waals surface area contributed by atoms with Gasteiger partial charge in [-0.3, -0.25) is 9.59 Å². The second kappa shape index (κ2) is 6.87. The lowest BCUT2D eigenvalue weighted by Gasteiger charge is -2.18. The van der Waals surface area contributed by atoms with E-state index in [0.717, 1.165) is 0 Å². The normalized spacial score (nSPS) is 10.4. The van der Waals surface area contributed by atoms with Crippen molar-refractivity contribution in [3.05, 3.63) is 78.1 Å². The lowest BCUT2D eigenvalue weighted by atomic mass is 10.1. The molecule has 1 aromatic carbocycles. The van der Waals surface area contributed by atoms with Gasteiger partial charge in [0.1, 0.15) is 5.76 Å². The Hall–Kier alpha value is -3.28. The highest BCUT2D eigenvalue weighted by Gasteiger charge is 2.18. The first-order chi connectivity index (χ1) is 11.6. The molecule has 24 heavy (non-hydrogen) atoms. The first-order valence-corrected chi connectivity index (χ1v) is 7.37. The van der Waals surface area contributed by atoms with Gasteiger partial charge >= 0.3 is 0 Å². The van der Waals surface area contributed by atoms with Gasteiger partial charge in [-0.05, 0) is 36.4 Å². The Balaban J connectivity index is 1.78. The second-order valence-electron chi connectivity index (χ2n) is 5.22. The van der Waals surface area contributed by atoms with Crippen molar-refractivity contribution in [1.29, 1.82) is 0 Å². The average molecular weight is 324 g/mol. The summed E-state index contributed by atoms with van der Waals surface area (Å²) in [7, 11) is 1.68. The number of nitrogens with one attached hydrogen (secondary N) is 1. The smallest absolute Gasteiger partial charge is 0.291 e. The molecule has 0 fully saturated rings. The molecule has 0 unspecified atom stereocenters. The number of anilines is 1. The summed E-state index contributed by atoms with van der Waals surface area (Å²) < 4.78 is 10.3. The van der Waals surface area contributed by atoms with E-state index in [-0.39, 0.29) is 11.7 Å². The molecule has 0 saturated heterocycles. The molecule has 0 atom stereocenters. The molecule has 0 aliphatic carbocycles. The minimum atomic E-state index is -0.408. The van der Waals surface area contributed by atoms with E-state index in [9.17, 15) is 9.59 Å². The fourth-order valence-corrected chi connectivity index (χ4v) is 2.28. The fraction of sp³-hybridized carbons (Fsp3) is 0.111. The van der Waals surface area contributed by atoms with E-state index in [2.05, 4.69) is 5.32 Å². The predicted molar refractivity (Wildman–Crippen MR) is 87.6 cm³/mol. The van der Waals surface area contributed by atoms with Crippen LogP contribution in [0.3, 0.4) is 0 Å². The minimum Gasteiger partial charge on any atom is -0.467 e. The van der Waals surface area contributed by atoms with E-state index < -0.39 is 5.91 Å². The average Bonchev–Trinajstić information content (AvgIpc) is 3.28. The van der Waals surface area contributed by atoms with Gasteiger partial charge in [-0.15, -0.1) is 0 Å². The highest BCUT2D eigenvalue weighted by atomic mass is 16.3. The zero-order chi connectivity index (χ0) is 16.9. The van der Waals surface area contributed by atoms with Crippen LogP contribution in [0.4, 0.5) is 5.69 Å². The van der Waals surface area contributed by atoms with Crippen molar-refractivity contribution in [2.24, 2.45) is 0 Å². The van der Waals surface area contributed by atoms with Crippen molar-refractivity contribution in [3.8, 4) is 0 Å². The molecule has 0 aliphatic heterocycles. The standard InChI is InChI=1S/C18H16N2O4/c1-20(12-13-6-4-10-23-13)18(22)14-7-2-3-8-15(14)19-17(21)16-9-5-11-24-16/h2-11H,12H2,1H3,(H,19,21). The van der Waals surface area contributed by atoms with Crippen LogP contribution in [0.2, 0.25) is 0 Å². The Morgan fingerprint density at radius 3 is 2.46 bits per heavy atom. The summed E-state index contributed by atoms with van der Waals surface area (Å²) in [6.45, 7) is 0.340. The van der Waals surface area contributed by atoms with Gasteiger partial charge < -0.3 is 19.1 Å². The molecule has 0 saturated carbocycles. The summed E-state index contributed by atoms with van der Waals surface area (Å²) in [5.41, 5.74) is 0.821. The molecule has 3 rings (SSSR count). The van der Waals surface area contributed by atoms with Crippen LogP contribution < -0.4 is 5.32 Å². The third-order valence-electron chi connectivity index (χ3n) is 3.47. The summed E-state index contributed by atoms with van der Waals surface area (Å²) in [5.74, 6) is 0.236. The van der Waals surface area contributed by atoms with Gasteiger partial charge in [-0.25, -0.2) is 0 Å². The van der Waals surface area contributed by atoms with E-state index in [1.165, 1.54) is 11.2 Å². The summed E-state index contributed by atoms with van der Waals surface area (Å²) >= 11 is 0. The summed E-state index contributed by atoms with van der Waals surface area (Å²) in [6, 6.07) is 13.6. The highest BCUT2D eigenvalue weighted by Crippen LogP contribution is 2.19. The Bertz CT molecular complexity index is 823. The number of rotatable bonds is 5. The summed E-state index contributed by atoms with van der Waals surface area (Å²) in [4.78, 5) is 26.3. The Labute approximate surface area is 138 Å². The lowest BCUT2D eigenvalue weighted by Crippen LogP contribution is -2.27. The monoisotopic (exact) mass is 324 g/mol. The van der Waals surface area contributed by atoms with Crippen molar-refractivity contribution >= 4 is 17.5 Å². The molecule has 3 aromatic rings. The molecule has 0 aliphatic rings. The van der Waals surface area contributed by atoms with Gasteiger partial charge in [-0.1, -0.05) is 12.1 Å². The number of furan rings is 2. The summed E-state index contributed by atoms with van der Waals surface area (Å²) in [5, 5.41) is 2.70. The van der Waals surface area contributed by atoms with Crippen molar-refractivity contribution in [2.75, 3.05) is 12.4 Å². The van der Waals surface area contributed by atoms with Crippen LogP contribution >= 0.6 is 0 Å². The molecule has 1 N–H and O–H groups in total. The maximum atomic E-state index is 12.7. The van der Waals surface area contributed by atoms with Crippen LogP contribution in [-0.4, -0.2) is 23.8 Å². The van der Waals surface area contributed by atoms with Gasteiger partial charge in [0.05, 0.1) is 30.3 Å². The zero-order valence-electron chi connectivity index (χ0n) is 13.1. The van der Waals surface area contributed by atoms with Gasteiger partial charge in [0.25, 0.3) is 11.8 Å². The molecular formula is C18H16N2O4. The number of amides is 2. The van der Waals surface area contributed by atoms with Crippen LogP contribution in [0.15, 0.2) is 69.9 Å². The number of hydrogen-bond acceptors (Lipinski definition) is 4. The number of carbonyl (C=O) groups excluding carboxylic acids is 2. The number of para-hydroxylation sites is 1. The first-order valence-electron chi connectivity index (χ1n) is 7.37. The third kappa shape index (κ3) is 3.38. The topological polar surface area (TPSA) is 75.7 Å². The molecule has 122 valence electrons. The van der Waals surface area contributed by atoms with Gasteiger partial charge in [0, 0.05) is 7.05 Å². The highest BCUT2D eigenvalue weighted by molar-refractivity contribution is 6.07. The van der Waals surface area contributed by atoms with E-state index in [1.807, 2.05) is 0 Å². The third-order valence-corrected chi connectivity index (χ3v) is 3.47. The second-order valence-corrected chi connectivity index (χ2v) is 5.22. The molecule has 2 aromatic heterocycles. The number of nitrogens with zero attached hydrogens (tertiary/aromatic N) is 1. The fourth-order valence-electron chi connectivity index (χ4n) is 2.28. The van der Waals surface area contributed by atoms with E-state index in [4.69, 9.17) is 8.83 Å². The molecule has 0 bridgehead atoms. The molecular weight excluding hydrogens is 308 g/mol. The van der Waals surface area contributed by atoms with E-state index in [1.54, 1.807) is 61.8 Å². The molecule has 6 nitrogen and oxygen atoms in total. The number of benzene rings is 1. The Kier molecular flexibility index (Phi) is 4.47. The Morgan fingerprint density at radius 1 is 1.00 bits per heavy atom. The van der Waals surface area contributed by atoms with E-state index >= 15 is 0 Å². The number of carbonyl (C=O) groups is 2. The largest absolute Gasteiger partial charge is 0.467 e. The maximum absolute atomic E-state index is 12.7. The van der Waals surface area contributed by atoms with Crippen LogP contribution in [0.1, 0.15) is 26.7 Å². The maximum Gasteiger partial charge on any atom is 0.291 e. The van der Waals surface area contributed by atoms with Crippen LogP contribution in [0, 0.1) is 0 Å². The van der Waals surface area contributed by atoms with E-state index in [0.29, 0.717) is 23.6 Å². The number of hydrogen-bond donors (Lipinski definition) is 1. The van der Waals surface area contributed by atoms with Gasteiger partial charge in [0.2, 0.25) is 0 Å². The molecule has 0 spiro atoms. The Morgan fingerprint density at radius 2 is 1.75 bits per heavy atom. The van der Waals surface area contributed by atoms with Crippen molar-refractivity contribution in [2.45, 2.75) is 6.54 Å². The summed E-state index contributed by atoms with van der Waals surface area (Å²) in [6.07, 6.45) is 2.98. The van der Waals surface area contributed by atoms with Crippen LogP contribution in [0.5, 0.6) is 0 Å². The van der Waals surface area contributed by atoms with Crippen molar-refractivity contribution < 1.29 is 18.4 Å². The minimum absolute atomic E-state index is 0.182. The molecule has 2 amide bonds. The SMILES string of the molecule is CN(Cc1ccco1)C(=O)c1ccccc1NC(=O)c1ccco1. The van der Waals surface area contributed by atoms with Gasteiger partial charge in [0.15, 0.2) is 5.76 Å². The van der Waals surface area contributed by atoms with Crippen molar-refractivity contribution in [1.82, 2.24) is 4.90 Å². The predicted octanol–water partition coefficient (Wildman–Crippen LogP) is 3.40. The quantitative estimate of drug-likeness (QED) is 0.780. The molecule has 0 radical (unpaired) electrons.